The summed E-state index contributed by atoms with van der Waals surface area (Å²) in [5.74, 6) is 0.932. The van der Waals surface area contributed by atoms with Gasteiger partial charge in [-0.1, -0.05) is 0 Å². The fourth-order valence-corrected chi connectivity index (χ4v) is 2.60. The molecule has 1 aromatic rings. The lowest BCUT2D eigenvalue weighted by Gasteiger charge is -2.34. The van der Waals surface area contributed by atoms with Crippen molar-refractivity contribution in [1.29, 1.82) is 0 Å². The summed E-state index contributed by atoms with van der Waals surface area (Å²) in [6.07, 6.45) is 3.69. The molecule has 1 aliphatic rings. The number of ether oxygens (including phenoxy) is 1. The maximum absolute atomic E-state index is 12.5. The fourth-order valence-electron chi connectivity index (χ4n) is 2.60. The van der Waals surface area contributed by atoms with Gasteiger partial charge in [0.1, 0.15) is 0 Å². The average Bonchev–Trinajstić information content (AvgIpc) is 2.52. The van der Waals surface area contributed by atoms with E-state index in [1.165, 1.54) is 0 Å². The first-order chi connectivity index (χ1) is 10.1. The van der Waals surface area contributed by atoms with Crippen LogP contribution >= 0.6 is 0 Å². The van der Waals surface area contributed by atoms with Crippen LogP contribution in [0.3, 0.4) is 0 Å². The summed E-state index contributed by atoms with van der Waals surface area (Å²) in [7, 11) is 3.49. The highest BCUT2D eigenvalue weighted by Crippen LogP contribution is 2.21. The second-order valence-electron chi connectivity index (χ2n) is 5.54. The molecule has 1 saturated heterocycles. The van der Waals surface area contributed by atoms with Crippen LogP contribution in [-0.4, -0.2) is 61.2 Å². The molecule has 0 N–H and O–H groups in total. The van der Waals surface area contributed by atoms with E-state index in [4.69, 9.17) is 4.74 Å². The highest BCUT2D eigenvalue weighted by atomic mass is 16.5. The third-order valence-electron chi connectivity index (χ3n) is 3.84. The molecule has 21 heavy (non-hydrogen) atoms. The van der Waals surface area contributed by atoms with E-state index in [0.717, 1.165) is 31.0 Å². The van der Waals surface area contributed by atoms with E-state index >= 15 is 0 Å². The largest absolute Gasteiger partial charge is 0.383 e. The molecule has 116 valence electrons. The number of rotatable bonds is 5. The van der Waals surface area contributed by atoms with Gasteiger partial charge in [0.15, 0.2) is 0 Å². The van der Waals surface area contributed by atoms with Gasteiger partial charge in [-0.15, -0.1) is 0 Å². The number of carbonyl (C=O) groups is 1. The Morgan fingerprint density at radius 1 is 1.57 bits per heavy atom. The van der Waals surface area contributed by atoms with E-state index in [-0.39, 0.29) is 11.8 Å². The van der Waals surface area contributed by atoms with Gasteiger partial charge in [-0.2, -0.15) is 0 Å². The van der Waals surface area contributed by atoms with E-state index in [9.17, 15) is 4.79 Å². The van der Waals surface area contributed by atoms with Crippen LogP contribution in [0.15, 0.2) is 12.3 Å². The Kier molecular flexibility index (Phi) is 5.50. The van der Waals surface area contributed by atoms with Crippen molar-refractivity contribution in [2.75, 3.05) is 45.3 Å². The number of methoxy groups -OCH3 is 1. The molecule has 2 heterocycles. The number of aryl methyl sites for hydroxylation is 1. The molecule has 1 amide bonds. The molecule has 0 saturated carbocycles. The van der Waals surface area contributed by atoms with Crippen LogP contribution in [0.4, 0.5) is 5.95 Å². The van der Waals surface area contributed by atoms with E-state index in [0.29, 0.717) is 19.7 Å². The standard InChI is InChI=1S/C15H24N4O2/c1-12-6-7-16-15(17-12)19-8-4-5-13(11-19)14(20)18(2)9-10-21-3/h6-7,13H,4-5,8-11H2,1-3H3. The number of anilines is 1. The third-order valence-corrected chi connectivity index (χ3v) is 3.84. The third kappa shape index (κ3) is 4.14. The number of hydrogen-bond acceptors (Lipinski definition) is 5. The maximum atomic E-state index is 12.5. The number of nitrogens with zero attached hydrogens (tertiary/aromatic N) is 4. The van der Waals surface area contributed by atoms with Gasteiger partial charge in [0, 0.05) is 45.7 Å². The van der Waals surface area contributed by atoms with Crippen LogP contribution in [0.25, 0.3) is 0 Å². The molecule has 6 nitrogen and oxygen atoms in total. The minimum Gasteiger partial charge on any atom is -0.383 e. The number of likely N-dealkylation sites (N-methyl/N-ethyl adjacent to an activating group) is 1. The SMILES string of the molecule is COCCN(C)C(=O)C1CCCN(c2nccc(C)n2)C1. The molecule has 0 aliphatic carbocycles. The summed E-state index contributed by atoms with van der Waals surface area (Å²) >= 11 is 0. The fraction of sp³-hybridized carbons (Fsp3) is 0.667. The van der Waals surface area contributed by atoms with E-state index < -0.39 is 0 Å². The second-order valence-corrected chi connectivity index (χ2v) is 5.54. The van der Waals surface area contributed by atoms with Crippen molar-refractivity contribution in [3.05, 3.63) is 18.0 Å². The monoisotopic (exact) mass is 292 g/mol. The predicted molar refractivity (Wildman–Crippen MR) is 81.2 cm³/mol. The lowest BCUT2D eigenvalue weighted by Crippen LogP contribution is -2.45. The van der Waals surface area contributed by atoms with Gasteiger partial charge < -0.3 is 14.5 Å². The Morgan fingerprint density at radius 2 is 2.38 bits per heavy atom. The van der Waals surface area contributed by atoms with Gasteiger partial charge in [-0.05, 0) is 25.8 Å². The number of piperidine rings is 1. The van der Waals surface area contributed by atoms with Crippen molar-refractivity contribution < 1.29 is 9.53 Å². The molecule has 1 atom stereocenters. The molecule has 0 aromatic carbocycles. The highest BCUT2D eigenvalue weighted by Gasteiger charge is 2.28. The van der Waals surface area contributed by atoms with Crippen molar-refractivity contribution >= 4 is 11.9 Å². The Balaban J connectivity index is 1.98. The minimum absolute atomic E-state index is 0.0183. The Bertz CT molecular complexity index is 480. The minimum atomic E-state index is 0.0183. The second kappa shape index (κ2) is 7.36. The summed E-state index contributed by atoms with van der Waals surface area (Å²) < 4.78 is 5.03. The molecule has 1 aromatic heterocycles. The Morgan fingerprint density at radius 3 is 3.10 bits per heavy atom. The zero-order valence-corrected chi connectivity index (χ0v) is 13.1. The van der Waals surface area contributed by atoms with Crippen LogP contribution < -0.4 is 4.90 Å². The van der Waals surface area contributed by atoms with Crippen LogP contribution in [0.1, 0.15) is 18.5 Å². The normalized spacial score (nSPS) is 18.6. The molecule has 2 rings (SSSR count). The Hall–Kier alpha value is -1.69. The zero-order chi connectivity index (χ0) is 15.2. The number of carbonyl (C=O) groups excluding carboxylic acids is 1. The van der Waals surface area contributed by atoms with Crippen LogP contribution in [0.2, 0.25) is 0 Å². The number of aromatic nitrogens is 2. The summed E-state index contributed by atoms with van der Waals surface area (Å²) in [4.78, 5) is 25.1. The van der Waals surface area contributed by atoms with Crippen molar-refractivity contribution in [2.24, 2.45) is 5.92 Å². The molecule has 0 spiro atoms. The lowest BCUT2D eigenvalue weighted by molar-refractivity contribution is -0.135. The topological polar surface area (TPSA) is 58.6 Å². The first-order valence-electron chi connectivity index (χ1n) is 7.40. The van der Waals surface area contributed by atoms with Crippen molar-refractivity contribution in [3.8, 4) is 0 Å². The summed E-state index contributed by atoms with van der Waals surface area (Å²) in [5, 5.41) is 0. The van der Waals surface area contributed by atoms with Crippen molar-refractivity contribution in [3.63, 3.8) is 0 Å². The molecular formula is C15H24N4O2. The maximum Gasteiger partial charge on any atom is 0.227 e. The first-order valence-corrected chi connectivity index (χ1v) is 7.40. The van der Waals surface area contributed by atoms with Crippen molar-refractivity contribution in [1.82, 2.24) is 14.9 Å². The summed E-state index contributed by atoms with van der Waals surface area (Å²) in [6.45, 7) is 4.76. The lowest BCUT2D eigenvalue weighted by atomic mass is 9.97. The number of amides is 1. The van der Waals surface area contributed by atoms with E-state index in [1.54, 1.807) is 18.2 Å². The predicted octanol–water partition coefficient (Wildman–Crippen LogP) is 1.11. The van der Waals surface area contributed by atoms with Gasteiger partial charge in [-0.25, -0.2) is 9.97 Å². The molecule has 1 aliphatic heterocycles. The van der Waals surface area contributed by atoms with Gasteiger partial charge in [0.2, 0.25) is 11.9 Å². The van der Waals surface area contributed by atoms with Crippen LogP contribution in [0.5, 0.6) is 0 Å². The highest BCUT2D eigenvalue weighted by molar-refractivity contribution is 5.79. The Labute approximate surface area is 126 Å². The van der Waals surface area contributed by atoms with Crippen molar-refractivity contribution in [2.45, 2.75) is 19.8 Å². The zero-order valence-electron chi connectivity index (χ0n) is 13.1. The first kappa shape index (κ1) is 15.7. The smallest absolute Gasteiger partial charge is 0.227 e. The number of hydrogen-bond donors (Lipinski definition) is 0. The molecule has 6 heteroatoms. The quantitative estimate of drug-likeness (QED) is 0.813. The van der Waals surface area contributed by atoms with E-state index in [2.05, 4.69) is 14.9 Å². The van der Waals surface area contributed by atoms with Gasteiger partial charge in [-0.3, -0.25) is 4.79 Å². The van der Waals surface area contributed by atoms with Gasteiger partial charge >= 0.3 is 0 Å². The molecule has 0 bridgehead atoms. The van der Waals surface area contributed by atoms with Gasteiger partial charge in [0.05, 0.1) is 12.5 Å². The molecule has 0 radical (unpaired) electrons. The van der Waals surface area contributed by atoms with Crippen LogP contribution in [0, 0.1) is 12.8 Å². The van der Waals surface area contributed by atoms with E-state index in [1.807, 2.05) is 20.0 Å². The molecule has 1 fully saturated rings. The van der Waals surface area contributed by atoms with Crippen LogP contribution in [-0.2, 0) is 9.53 Å². The summed E-state index contributed by atoms with van der Waals surface area (Å²) in [6, 6.07) is 1.88. The summed E-state index contributed by atoms with van der Waals surface area (Å²) in [5.41, 5.74) is 0.950. The average molecular weight is 292 g/mol. The molecule has 1 unspecified atom stereocenters. The molecular weight excluding hydrogens is 268 g/mol. The van der Waals surface area contributed by atoms with Gasteiger partial charge in [0.25, 0.3) is 0 Å².